The second-order valence-electron chi connectivity index (χ2n) is 5.79. The van der Waals surface area contributed by atoms with Crippen molar-refractivity contribution in [1.29, 1.82) is 0 Å². The number of alkyl halides is 1. The first-order valence-electron chi connectivity index (χ1n) is 7.30. The van der Waals surface area contributed by atoms with E-state index in [4.69, 9.17) is 21.1 Å². The fraction of sp³-hybridized carbons (Fsp3) is 0.438. The number of nitrogens with zero attached hydrogens (tertiary/aromatic N) is 2. The molecule has 3 heterocycles. The zero-order valence-electron chi connectivity index (χ0n) is 11.9. The minimum Gasteiger partial charge on any atom is -0.454 e. The third-order valence-corrected chi connectivity index (χ3v) is 4.97. The number of ether oxygens (including phenoxy) is 2. The first-order valence-corrected chi connectivity index (χ1v) is 7.73. The maximum absolute atomic E-state index is 6.44. The summed E-state index contributed by atoms with van der Waals surface area (Å²) < 4.78 is 10.9. The average molecular weight is 305 g/mol. The Kier molecular flexibility index (Phi) is 3.07. The van der Waals surface area contributed by atoms with E-state index in [0.717, 1.165) is 47.6 Å². The van der Waals surface area contributed by atoms with E-state index in [2.05, 4.69) is 16.8 Å². The zero-order valence-corrected chi connectivity index (χ0v) is 12.6. The Morgan fingerprint density at radius 1 is 1.29 bits per heavy atom. The molecule has 0 bridgehead atoms. The third kappa shape index (κ3) is 2.18. The number of piperidine rings is 1. The van der Waals surface area contributed by atoms with Crippen molar-refractivity contribution < 1.29 is 9.47 Å². The van der Waals surface area contributed by atoms with Crippen molar-refractivity contribution in [2.75, 3.05) is 24.8 Å². The summed E-state index contributed by atoms with van der Waals surface area (Å²) in [5.74, 6) is 3.15. The molecule has 1 aromatic heterocycles. The molecule has 1 aromatic carbocycles. The minimum atomic E-state index is 0.171. The van der Waals surface area contributed by atoms with Crippen LogP contribution in [0.3, 0.4) is 0 Å². The predicted octanol–water partition coefficient (Wildman–Crippen LogP) is 3.42. The van der Waals surface area contributed by atoms with Crippen molar-refractivity contribution in [1.82, 2.24) is 4.98 Å². The van der Waals surface area contributed by atoms with Gasteiger partial charge in [0.25, 0.3) is 0 Å². The smallest absolute Gasteiger partial charge is 0.231 e. The summed E-state index contributed by atoms with van der Waals surface area (Å²) in [6.07, 6.45) is 2.94. The Labute approximate surface area is 128 Å². The van der Waals surface area contributed by atoms with Gasteiger partial charge in [-0.25, -0.2) is 4.98 Å². The van der Waals surface area contributed by atoms with Crippen molar-refractivity contribution in [3.05, 3.63) is 24.4 Å². The van der Waals surface area contributed by atoms with Gasteiger partial charge in [-0.05, 0) is 35.9 Å². The van der Waals surface area contributed by atoms with Crippen LogP contribution in [0, 0.1) is 5.92 Å². The minimum absolute atomic E-state index is 0.171. The molecule has 0 aliphatic carbocycles. The van der Waals surface area contributed by atoms with Crippen molar-refractivity contribution in [3.63, 3.8) is 0 Å². The van der Waals surface area contributed by atoms with E-state index in [9.17, 15) is 0 Å². The molecular formula is C16H17ClN2O2. The lowest BCUT2D eigenvalue weighted by molar-refractivity contribution is 0.174. The predicted molar refractivity (Wildman–Crippen MR) is 83.5 cm³/mol. The molecule has 2 aliphatic rings. The highest BCUT2D eigenvalue weighted by atomic mass is 35.5. The van der Waals surface area contributed by atoms with Gasteiger partial charge in [0.15, 0.2) is 11.5 Å². The van der Waals surface area contributed by atoms with Crippen molar-refractivity contribution in [2.24, 2.45) is 5.92 Å². The van der Waals surface area contributed by atoms with Gasteiger partial charge in [-0.1, -0.05) is 6.92 Å². The van der Waals surface area contributed by atoms with Gasteiger partial charge in [0.1, 0.15) is 5.82 Å². The highest BCUT2D eigenvalue weighted by Crippen LogP contribution is 2.39. The molecule has 1 fully saturated rings. The highest BCUT2D eigenvalue weighted by Gasteiger charge is 2.26. The summed E-state index contributed by atoms with van der Waals surface area (Å²) in [6.45, 7) is 4.33. The van der Waals surface area contributed by atoms with Crippen LogP contribution in [0.2, 0.25) is 0 Å². The summed E-state index contributed by atoms with van der Waals surface area (Å²) in [4.78, 5) is 6.87. The number of anilines is 1. The number of halogens is 1. The van der Waals surface area contributed by atoms with Gasteiger partial charge < -0.3 is 14.4 Å². The Hall–Kier alpha value is -1.68. The number of aromatic nitrogens is 1. The van der Waals surface area contributed by atoms with Crippen molar-refractivity contribution in [3.8, 4) is 11.5 Å². The Morgan fingerprint density at radius 2 is 2.10 bits per heavy atom. The van der Waals surface area contributed by atoms with Gasteiger partial charge >= 0.3 is 0 Å². The molecule has 4 rings (SSSR count). The lowest BCUT2D eigenvalue weighted by Crippen LogP contribution is -2.40. The van der Waals surface area contributed by atoms with Gasteiger partial charge in [0.2, 0.25) is 6.79 Å². The SMILES string of the molecule is CC1CCN(c2nccc3cc4c(cc23)OCO4)CC1Cl. The summed E-state index contributed by atoms with van der Waals surface area (Å²) in [5, 5.41) is 2.39. The number of fused-ring (bicyclic) bond motifs is 2. The molecule has 21 heavy (non-hydrogen) atoms. The molecule has 0 amide bonds. The van der Waals surface area contributed by atoms with Crippen LogP contribution in [0.5, 0.6) is 11.5 Å². The van der Waals surface area contributed by atoms with Crippen LogP contribution < -0.4 is 14.4 Å². The molecule has 4 nitrogen and oxygen atoms in total. The van der Waals surface area contributed by atoms with E-state index in [-0.39, 0.29) is 5.38 Å². The van der Waals surface area contributed by atoms with Crippen LogP contribution in [-0.2, 0) is 0 Å². The summed E-state index contributed by atoms with van der Waals surface area (Å²) in [7, 11) is 0. The largest absolute Gasteiger partial charge is 0.454 e. The van der Waals surface area contributed by atoms with Crippen LogP contribution in [-0.4, -0.2) is 30.2 Å². The number of hydrogen-bond donors (Lipinski definition) is 0. The molecule has 2 aromatic rings. The molecule has 2 aliphatic heterocycles. The van der Waals surface area contributed by atoms with Gasteiger partial charge in [0.05, 0.1) is 5.38 Å². The van der Waals surface area contributed by atoms with E-state index in [0.29, 0.717) is 12.7 Å². The molecule has 2 atom stereocenters. The molecule has 1 saturated heterocycles. The second-order valence-corrected chi connectivity index (χ2v) is 6.35. The fourth-order valence-corrected chi connectivity index (χ4v) is 3.31. The van der Waals surface area contributed by atoms with E-state index in [1.807, 2.05) is 24.4 Å². The maximum Gasteiger partial charge on any atom is 0.231 e. The Balaban J connectivity index is 1.78. The fourth-order valence-electron chi connectivity index (χ4n) is 3.01. The van der Waals surface area contributed by atoms with E-state index in [1.54, 1.807) is 0 Å². The van der Waals surface area contributed by atoms with Crippen molar-refractivity contribution in [2.45, 2.75) is 18.7 Å². The Bertz CT molecular complexity index is 691. The van der Waals surface area contributed by atoms with Crippen molar-refractivity contribution >= 4 is 28.2 Å². The zero-order chi connectivity index (χ0) is 14.4. The van der Waals surface area contributed by atoms with Crippen LogP contribution in [0.1, 0.15) is 13.3 Å². The van der Waals surface area contributed by atoms with Crippen LogP contribution >= 0.6 is 11.6 Å². The molecule has 0 spiro atoms. The lowest BCUT2D eigenvalue weighted by atomic mass is 9.98. The monoisotopic (exact) mass is 304 g/mol. The standard InChI is InChI=1S/C16H17ClN2O2/c1-10-3-5-19(8-13(10)17)16-12-7-15-14(20-9-21-15)6-11(12)2-4-18-16/h2,4,6-7,10,13H,3,5,8-9H2,1H3. The summed E-state index contributed by atoms with van der Waals surface area (Å²) in [5.41, 5.74) is 0. The molecule has 0 radical (unpaired) electrons. The molecule has 5 heteroatoms. The van der Waals surface area contributed by atoms with Gasteiger partial charge in [-0.15, -0.1) is 11.6 Å². The number of benzene rings is 1. The van der Waals surface area contributed by atoms with E-state index >= 15 is 0 Å². The lowest BCUT2D eigenvalue weighted by Gasteiger charge is -2.35. The quantitative estimate of drug-likeness (QED) is 0.756. The van der Waals surface area contributed by atoms with Gasteiger partial charge in [-0.2, -0.15) is 0 Å². The molecular weight excluding hydrogens is 288 g/mol. The first-order chi connectivity index (χ1) is 10.2. The highest BCUT2D eigenvalue weighted by molar-refractivity contribution is 6.21. The summed E-state index contributed by atoms with van der Waals surface area (Å²) >= 11 is 6.44. The second kappa shape index (κ2) is 4.95. The molecule has 0 N–H and O–H groups in total. The molecule has 110 valence electrons. The topological polar surface area (TPSA) is 34.6 Å². The van der Waals surface area contributed by atoms with Gasteiger partial charge in [0, 0.05) is 24.7 Å². The number of rotatable bonds is 1. The van der Waals surface area contributed by atoms with E-state index < -0.39 is 0 Å². The first kappa shape index (κ1) is 13.0. The summed E-state index contributed by atoms with van der Waals surface area (Å²) in [6, 6.07) is 6.06. The number of pyridine rings is 1. The average Bonchev–Trinajstić information content (AvgIpc) is 2.94. The normalized spacial score (nSPS) is 24.6. The molecule has 0 saturated carbocycles. The third-order valence-electron chi connectivity index (χ3n) is 4.40. The Morgan fingerprint density at radius 3 is 2.90 bits per heavy atom. The van der Waals surface area contributed by atoms with Crippen LogP contribution in [0.4, 0.5) is 5.82 Å². The van der Waals surface area contributed by atoms with Crippen LogP contribution in [0.25, 0.3) is 10.8 Å². The van der Waals surface area contributed by atoms with E-state index in [1.165, 1.54) is 0 Å². The van der Waals surface area contributed by atoms with Crippen LogP contribution in [0.15, 0.2) is 24.4 Å². The maximum atomic E-state index is 6.44. The van der Waals surface area contributed by atoms with Gasteiger partial charge in [-0.3, -0.25) is 0 Å². The molecule has 2 unspecified atom stereocenters. The number of hydrogen-bond acceptors (Lipinski definition) is 4.